The molecule has 0 aliphatic heterocycles. The van der Waals surface area contributed by atoms with Gasteiger partial charge < -0.3 is 5.11 Å². The molecule has 0 heterocycles. The maximum absolute atomic E-state index is 12.1. The molecule has 0 saturated heterocycles. The summed E-state index contributed by atoms with van der Waals surface area (Å²) in [7, 11) is 0. The normalized spacial score (nSPS) is 43.8. The number of carbonyl (C=O) groups excluding carboxylic acids is 1. The van der Waals surface area contributed by atoms with E-state index in [1.807, 2.05) is 12.2 Å². The highest BCUT2D eigenvalue weighted by molar-refractivity contribution is 5.91. The summed E-state index contributed by atoms with van der Waals surface area (Å²) >= 11 is 0. The fourth-order valence-electron chi connectivity index (χ4n) is 7.75. The molecule has 0 aromatic heterocycles. The van der Waals surface area contributed by atoms with Gasteiger partial charge in [0.2, 0.25) is 0 Å². The molecule has 1 aromatic carbocycles. The molecule has 4 aliphatic carbocycles. The molecule has 5 rings (SSSR count). The summed E-state index contributed by atoms with van der Waals surface area (Å²) in [5.74, 6) is 3.18. The summed E-state index contributed by atoms with van der Waals surface area (Å²) in [4.78, 5) is 12.1. The summed E-state index contributed by atoms with van der Waals surface area (Å²) in [6.45, 7) is 8.35. The minimum absolute atomic E-state index is 0.0261. The number of carbonyl (C=O) groups is 1. The number of aliphatic hydroxyl groups is 1. The molecular formula is C27H34O2. The smallest absolute Gasteiger partial charge is 0.155 e. The quantitative estimate of drug-likeness (QED) is 0.681. The van der Waals surface area contributed by atoms with Crippen molar-refractivity contribution >= 4 is 11.9 Å². The van der Waals surface area contributed by atoms with Gasteiger partial charge in [0.05, 0.1) is 5.60 Å². The lowest BCUT2D eigenvalue weighted by Gasteiger charge is -2.58. The predicted molar refractivity (Wildman–Crippen MR) is 117 cm³/mol. The minimum atomic E-state index is -0.583. The van der Waals surface area contributed by atoms with Gasteiger partial charge in [-0.2, -0.15) is 0 Å². The van der Waals surface area contributed by atoms with Gasteiger partial charge in [0.15, 0.2) is 5.78 Å². The molecule has 1 aromatic rings. The monoisotopic (exact) mass is 390 g/mol. The lowest BCUT2D eigenvalue weighted by molar-refractivity contribution is -0.120. The van der Waals surface area contributed by atoms with Crippen LogP contribution >= 0.6 is 0 Å². The highest BCUT2D eigenvalue weighted by Gasteiger charge is 2.63. The number of benzene rings is 1. The van der Waals surface area contributed by atoms with Crippen molar-refractivity contribution in [2.24, 2.45) is 29.1 Å². The third-order valence-corrected chi connectivity index (χ3v) is 9.47. The van der Waals surface area contributed by atoms with E-state index in [1.54, 1.807) is 0 Å². The van der Waals surface area contributed by atoms with Crippen LogP contribution in [-0.4, -0.2) is 16.5 Å². The van der Waals surface area contributed by atoms with Crippen molar-refractivity contribution in [1.29, 1.82) is 0 Å². The van der Waals surface area contributed by atoms with E-state index in [9.17, 15) is 9.90 Å². The van der Waals surface area contributed by atoms with Crippen LogP contribution in [-0.2, 0) is 4.79 Å². The van der Waals surface area contributed by atoms with Gasteiger partial charge in [-0.3, -0.25) is 4.79 Å². The number of ketones is 1. The molecule has 0 spiro atoms. The van der Waals surface area contributed by atoms with Crippen LogP contribution in [0.25, 0.3) is 6.08 Å². The van der Waals surface area contributed by atoms with Crippen molar-refractivity contribution in [1.82, 2.24) is 0 Å². The number of allylic oxidation sites excluding steroid dienone is 1. The first kappa shape index (κ1) is 19.3. The topological polar surface area (TPSA) is 37.3 Å². The Kier molecular flexibility index (Phi) is 4.44. The molecule has 29 heavy (non-hydrogen) atoms. The maximum Gasteiger partial charge on any atom is 0.155 e. The zero-order chi connectivity index (χ0) is 20.4. The van der Waals surface area contributed by atoms with Crippen LogP contribution in [0.1, 0.15) is 75.8 Å². The van der Waals surface area contributed by atoms with E-state index >= 15 is 0 Å². The summed E-state index contributed by atoms with van der Waals surface area (Å²) in [6.07, 6.45) is 11.0. The molecule has 2 heteroatoms. The minimum Gasteiger partial charge on any atom is -0.390 e. The molecule has 7 atom stereocenters. The fraction of sp³-hybridized carbons (Fsp3) is 0.593. The van der Waals surface area contributed by atoms with Crippen LogP contribution in [0.4, 0.5) is 0 Å². The van der Waals surface area contributed by atoms with Gasteiger partial charge in [0, 0.05) is 6.42 Å². The molecule has 0 radical (unpaired) electrons. The first-order chi connectivity index (χ1) is 13.8. The Labute approximate surface area is 175 Å². The van der Waals surface area contributed by atoms with Crippen LogP contribution in [0.5, 0.6) is 0 Å². The SMILES string of the molecule is C=Cc1ccc([C@H]2C[C@@]3(C)[C@@H](CC[C@]3(C)O)[C@@H]3CCC4=CC(=O)CC[C@@H]4[C@H]32)cc1. The predicted octanol–water partition coefficient (Wildman–Crippen LogP) is 5.92. The second kappa shape index (κ2) is 6.67. The number of hydrogen-bond donors (Lipinski definition) is 1. The average Bonchev–Trinajstić information content (AvgIpc) is 2.96. The highest BCUT2D eigenvalue weighted by atomic mass is 16.3. The standard InChI is InChI=1S/C27H34O2/c1-4-17-5-7-18(8-6-17)23-16-26(2)24(13-14-27(26,3)29)22-11-9-19-15-20(28)10-12-21(19)25(22)23/h4-8,15,21-25,29H,1,9-14,16H2,2-3H3/t21-,22-,23+,24-,25+,26-,27-/m0/s1. The molecule has 0 amide bonds. The van der Waals surface area contributed by atoms with Gasteiger partial charge >= 0.3 is 0 Å². The second-order valence-electron chi connectivity index (χ2n) is 10.6. The van der Waals surface area contributed by atoms with Gasteiger partial charge in [0.1, 0.15) is 0 Å². The Morgan fingerprint density at radius 1 is 1.07 bits per heavy atom. The number of fused-ring (bicyclic) bond motifs is 5. The summed E-state index contributed by atoms with van der Waals surface area (Å²) in [6, 6.07) is 8.95. The van der Waals surface area contributed by atoms with E-state index in [1.165, 1.54) is 17.6 Å². The van der Waals surface area contributed by atoms with Crippen LogP contribution in [0.15, 0.2) is 42.5 Å². The zero-order valence-corrected chi connectivity index (χ0v) is 17.9. The van der Waals surface area contributed by atoms with Gasteiger partial charge in [-0.1, -0.05) is 49.4 Å². The third kappa shape index (κ3) is 2.82. The third-order valence-electron chi connectivity index (χ3n) is 9.47. The molecule has 3 saturated carbocycles. The zero-order valence-electron chi connectivity index (χ0n) is 17.9. The Bertz CT molecular complexity index is 861. The van der Waals surface area contributed by atoms with Crippen LogP contribution in [0, 0.1) is 29.1 Å². The first-order valence-corrected chi connectivity index (χ1v) is 11.5. The molecule has 0 bridgehead atoms. The van der Waals surface area contributed by atoms with Crippen LogP contribution in [0.2, 0.25) is 0 Å². The number of hydrogen-bond acceptors (Lipinski definition) is 2. The highest BCUT2D eigenvalue weighted by Crippen LogP contribution is 2.68. The Morgan fingerprint density at radius 2 is 1.83 bits per heavy atom. The van der Waals surface area contributed by atoms with Gasteiger partial charge in [-0.05, 0) is 97.7 Å². The molecule has 1 N–H and O–H groups in total. The lowest BCUT2D eigenvalue weighted by Crippen LogP contribution is -2.54. The second-order valence-corrected chi connectivity index (χ2v) is 10.6. The molecule has 154 valence electrons. The first-order valence-electron chi connectivity index (χ1n) is 11.5. The van der Waals surface area contributed by atoms with Crippen molar-refractivity contribution in [3.63, 3.8) is 0 Å². The fourth-order valence-corrected chi connectivity index (χ4v) is 7.75. The maximum atomic E-state index is 12.1. The average molecular weight is 391 g/mol. The summed E-state index contributed by atoms with van der Waals surface area (Å²) < 4.78 is 0. The Hall–Kier alpha value is -1.67. The van der Waals surface area contributed by atoms with E-state index in [-0.39, 0.29) is 5.41 Å². The van der Waals surface area contributed by atoms with Crippen LogP contribution < -0.4 is 0 Å². The van der Waals surface area contributed by atoms with Gasteiger partial charge in [-0.25, -0.2) is 0 Å². The van der Waals surface area contributed by atoms with Crippen molar-refractivity contribution < 1.29 is 9.90 Å². The molecule has 4 aliphatic rings. The molecule has 2 nitrogen and oxygen atoms in total. The van der Waals surface area contributed by atoms with Crippen molar-refractivity contribution in [3.8, 4) is 0 Å². The van der Waals surface area contributed by atoms with Gasteiger partial charge in [0.25, 0.3) is 0 Å². The number of rotatable bonds is 2. The van der Waals surface area contributed by atoms with Crippen molar-refractivity contribution in [2.75, 3.05) is 0 Å². The molecule has 3 fully saturated rings. The molecule has 0 unspecified atom stereocenters. The lowest BCUT2D eigenvalue weighted by atomic mass is 9.47. The van der Waals surface area contributed by atoms with Gasteiger partial charge in [-0.15, -0.1) is 0 Å². The van der Waals surface area contributed by atoms with Crippen molar-refractivity contribution in [3.05, 3.63) is 53.6 Å². The summed E-state index contributed by atoms with van der Waals surface area (Å²) in [5, 5.41) is 11.4. The Morgan fingerprint density at radius 3 is 2.55 bits per heavy atom. The van der Waals surface area contributed by atoms with E-state index in [2.05, 4.69) is 44.7 Å². The van der Waals surface area contributed by atoms with Crippen molar-refractivity contribution in [2.45, 2.75) is 70.3 Å². The largest absolute Gasteiger partial charge is 0.390 e. The van der Waals surface area contributed by atoms with E-state index < -0.39 is 5.60 Å². The van der Waals surface area contributed by atoms with Crippen LogP contribution in [0.3, 0.4) is 0 Å². The summed E-state index contributed by atoms with van der Waals surface area (Å²) in [5.41, 5.74) is 3.38. The Balaban J connectivity index is 1.60. The molecular weight excluding hydrogens is 356 g/mol. The van der Waals surface area contributed by atoms with E-state index in [4.69, 9.17) is 0 Å². The van der Waals surface area contributed by atoms with E-state index in [0.717, 1.165) is 37.7 Å². The van der Waals surface area contributed by atoms with E-state index in [0.29, 0.717) is 41.8 Å².